The Morgan fingerprint density at radius 1 is 1.28 bits per heavy atom. The number of amides is 3. The molecule has 94 valence electrons. The van der Waals surface area contributed by atoms with Gasteiger partial charge >= 0.3 is 0 Å². The zero-order valence-electron chi connectivity index (χ0n) is 9.51. The fourth-order valence-electron chi connectivity index (χ4n) is 1.56. The lowest BCUT2D eigenvalue weighted by Gasteiger charge is -2.07. The van der Waals surface area contributed by atoms with E-state index in [2.05, 4.69) is 10.6 Å². The summed E-state index contributed by atoms with van der Waals surface area (Å²) in [5, 5.41) is 3.88. The Hall–Kier alpha value is -1.82. The molecule has 1 saturated heterocycles. The molecule has 6 heteroatoms. The number of thioether (sulfide) groups is 1. The molecule has 1 aromatic rings. The van der Waals surface area contributed by atoms with E-state index < -0.39 is 5.25 Å². The van der Waals surface area contributed by atoms with Crippen LogP contribution < -0.4 is 10.6 Å². The molecule has 0 saturated carbocycles. The number of benzene rings is 1. The first-order valence-electron chi connectivity index (χ1n) is 5.47. The van der Waals surface area contributed by atoms with Crippen molar-refractivity contribution in [1.82, 2.24) is 10.6 Å². The zero-order valence-corrected chi connectivity index (χ0v) is 10.3. The van der Waals surface area contributed by atoms with Crippen molar-refractivity contribution in [3.63, 3.8) is 0 Å². The van der Waals surface area contributed by atoms with Crippen LogP contribution in [0.4, 0.5) is 4.79 Å². The van der Waals surface area contributed by atoms with Crippen molar-refractivity contribution < 1.29 is 14.4 Å². The summed E-state index contributed by atoms with van der Waals surface area (Å²) in [6.45, 7) is 0.423. The van der Waals surface area contributed by atoms with Crippen LogP contribution in [0.25, 0.3) is 0 Å². The molecule has 2 rings (SSSR count). The van der Waals surface area contributed by atoms with Crippen molar-refractivity contribution in [3.8, 4) is 0 Å². The van der Waals surface area contributed by atoms with E-state index in [0.29, 0.717) is 6.54 Å². The summed E-state index contributed by atoms with van der Waals surface area (Å²) in [4.78, 5) is 33.8. The number of nitrogens with one attached hydrogen (secondary N) is 2. The fraction of sp³-hybridized carbons (Fsp3) is 0.250. The van der Waals surface area contributed by atoms with Crippen LogP contribution >= 0.6 is 11.8 Å². The zero-order chi connectivity index (χ0) is 13.0. The minimum atomic E-state index is -0.603. The topological polar surface area (TPSA) is 75.3 Å². The predicted octanol–water partition coefficient (Wildman–Crippen LogP) is 1.04. The monoisotopic (exact) mass is 264 g/mol. The molecule has 3 amide bonds. The molecule has 0 aromatic heterocycles. The molecule has 2 N–H and O–H groups in total. The second kappa shape index (κ2) is 5.68. The average molecular weight is 264 g/mol. The van der Waals surface area contributed by atoms with E-state index in [1.54, 1.807) is 0 Å². The van der Waals surface area contributed by atoms with Crippen LogP contribution in [-0.4, -0.2) is 22.3 Å². The van der Waals surface area contributed by atoms with Crippen LogP contribution in [0.2, 0.25) is 0 Å². The number of hydrogen-bond donors (Lipinski definition) is 2. The fourth-order valence-corrected chi connectivity index (χ4v) is 2.38. The van der Waals surface area contributed by atoms with Crippen LogP contribution in [0.5, 0.6) is 0 Å². The number of imide groups is 1. The van der Waals surface area contributed by atoms with E-state index in [1.807, 2.05) is 30.3 Å². The van der Waals surface area contributed by atoms with Gasteiger partial charge in [-0.2, -0.15) is 0 Å². The van der Waals surface area contributed by atoms with E-state index in [0.717, 1.165) is 17.3 Å². The van der Waals surface area contributed by atoms with Crippen molar-refractivity contribution in [3.05, 3.63) is 35.9 Å². The molecular formula is C12H12N2O3S. The molecular weight excluding hydrogens is 252 g/mol. The van der Waals surface area contributed by atoms with E-state index in [9.17, 15) is 14.4 Å². The summed E-state index contributed by atoms with van der Waals surface area (Å²) >= 11 is 0.863. The Labute approximate surface area is 108 Å². The van der Waals surface area contributed by atoms with Crippen LogP contribution in [0, 0.1) is 0 Å². The maximum absolute atomic E-state index is 11.6. The third-order valence-corrected chi connectivity index (χ3v) is 3.45. The van der Waals surface area contributed by atoms with Crippen LogP contribution in [0.15, 0.2) is 30.3 Å². The van der Waals surface area contributed by atoms with Gasteiger partial charge in [0.25, 0.3) is 5.24 Å². The van der Waals surface area contributed by atoms with Crippen molar-refractivity contribution in [2.45, 2.75) is 18.2 Å². The minimum absolute atomic E-state index is 0.0229. The Morgan fingerprint density at radius 2 is 2.00 bits per heavy atom. The largest absolute Gasteiger partial charge is 0.352 e. The van der Waals surface area contributed by atoms with E-state index >= 15 is 0 Å². The summed E-state index contributed by atoms with van der Waals surface area (Å²) in [6.07, 6.45) is 0.0229. The van der Waals surface area contributed by atoms with Crippen molar-refractivity contribution in [2.75, 3.05) is 0 Å². The highest BCUT2D eigenvalue weighted by Crippen LogP contribution is 2.21. The maximum atomic E-state index is 11.6. The Balaban J connectivity index is 1.79. The first-order valence-corrected chi connectivity index (χ1v) is 6.35. The lowest BCUT2D eigenvalue weighted by atomic mass is 10.2. The molecule has 1 aromatic carbocycles. The number of carbonyl (C=O) groups excluding carboxylic acids is 3. The number of carbonyl (C=O) groups is 3. The molecule has 0 radical (unpaired) electrons. The normalized spacial score (nSPS) is 18.6. The van der Waals surface area contributed by atoms with Gasteiger partial charge in [0.05, 0.1) is 0 Å². The smallest absolute Gasteiger partial charge is 0.286 e. The molecule has 1 aliphatic rings. The highest BCUT2D eigenvalue weighted by Gasteiger charge is 2.33. The quantitative estimate of drug-likeness (QED) is 0.852. The Bertz CT molecular complexity index is 475. The minimum Gasteiger partial charge on any atom is -0.352 e. The average Bonchev–Trinajstić information content (AvgIpc) is 2.67. The molecule has 1 aliphatic heterocycles. The van der Waals surface area contributed by atoms with Gasteiger partial charge in [0.1, 0.15) is 5.25 Å². The number of hydrogen-bond acceptors (Lipinski definition) is 4. The van der Waals surface area contributed by atoms with Gasteiger partial charge in [0, 0.05) is 13.0 Å². The van der Waals surface area contributed by atoms with Crippen LogP contribution in [0.3, 0.4) is 0 Å². The molecule has 0 spiro atoms. The van der Waals surface area contributed by atoms with Gasteiger partial charge in [-0.15, -0.1) is 0 Å². The molecule has 0 bridgehead atoms. The third-order valence-electron chi connectivity index (χ3n) is 2.47. The Kier molecular flexibility index (Phi) is 3.99. The summed E-state index contributed by atoms with van der Waals surface area (Å²) in [7, 11) is 0. The summed E-state index contributed by atoms with van der Waals surface area (Å²) in [5.74, 6) is -0.624. The standard InChI is InChI=1S/C12H12N2O3S/c15-10(6-9-11(16)14-12(17)18-9)13-7-8-4-2-1-3-5-8/h1-5,9H,6-7H2,(H,13,15)(H,14,16,17)/t9-/m1/s1. The van der Waals surface area contributed by atoms with Gasteiger partial charge in [-0.3, -0.25) is 19.7 Å². The molecule has 1 fully saturated rings. The molecule has 0 aliphatic carbocycles. The van der Waals surface area contributed by atoms with Gasteiger partial charge < -0.3 is 5.32 Å². The molecule has 0 unspecified atom stereocenters. The first-order chi connectivity index (χ1) is 8.65. The summed E-state index contributed by atoms with van der Waals surface area (Å²) in [5.41, 5.74) is 0.991. The predicted molar refractivity (Wildman–Crippen MR) is 67.8 cm³/mol. The van der Waals surface area contributed by atoms with Gasteiger partial charge in [-0.25, -0.2) is 0 Å². The van der Waals surface area contributed by atoms with Gasteiger partial charge in [0.15, 0.2) is 0 Å². The van der Waals surface area contributed by atoms with E-state index in [-0.39, 0.29) is 23.5 Å². The van der Waals surface area contributed by atoms with Crippen LogP contribution in [-0.2, 0) is 16.1 Å². The Morgan fingerprint density at radius 3 is 2.61 bits per heavy atom. The third kappa shape index (κ3) is 3.33. The lowest BCUT2D eigenvalue weighted by Crippen LogP contribution is -2.30. The molecule has 18 heavy (non-hydrogen) atoms. The SMILES string of the molecule is O=C(C[C@H]1SC(=O)NC1=O)NCc1ccccc1. The van der Waals surface area contributed by atoms with Crippen LogP contribution in [0.1, 0.15) is 12.0 Å². The molecule has 5 nitrogen and oxygen atoms in total. The highest BCUT2D eigenvalue weighted by atomic mass is 32.2. The summed E-state index contributed by atoms with van der Waals surface area (Å²) < 4.78 is 0. The highest BCUT2D eigenvalue weighted by molar-refractivity contribution is 8.15. The van der Waals surface area contributed by atoms with Crippen molar-refractivity contribution in [1.29, 1.82) is 0 Å². The van der Waals surface area contributed by atoms with E-state index in [4.69, 9.17) is 0 Å². The van der Waals surface area contributed by atoms with Gasteiger partial charge in [-0.05, 0) is 5.56 Å². The second-order valence-corrected chi connectivity index (χ2v) is 5.03. The summed E-state index contributed by atoms with van der Waals surface area (Å²) in [6, 6.07) is 9.49. The van der Waals surface area contributed by atoms with Crippen molar-refractivity contribution >= 4 is 28.8 Å². The number of rotatable bonds is 4. The van der Waals surface area contributed by atoms with Crippen molar-refractivity contribution in [2.24, 2.45) is 0 Å². The maximum Gasteiger partial charge on any atom is 0.286 e. The molecule has 1 heterocycles. The van der Waals surface area contributed by atoms with E-state index in [1.165, 1.54) is 0 Å². The lowest BCUT2D eigenvalue weighted by molar-refractivity contribution is -0.125. The second-order valence-electron chi connectivity index (χ2n) is 3.85. The van der Waals surface area contributed by atoms with Gasteiger partial charge in [-0.1, -0.05) is 42.1 Å². The molecule has 1 atom stereocenters. The van der Waals surface area contributed by atoms with Gasteiger partial charge in [0.2, 0.25) is 11.8 Å². The first kappa shape index (κ1) is 12.6.